The largest absolute Gasteiger partial charge is 0.309 e. The number of hydrogen-bond acceptors (Lipinski definition) is 3. The zero-order valence-electron chi connectivity index (χ0n) is 10.2. The Bertz CT molecular complexity index is 195. The van der Waals surface area contributed by atoms with E-state index < -0.39 is 0 Å². The molecule has 0 heterocycles. The van der Waals surface area contributed by atoms with Crippen LogP contribution < -0.4 is 0 Å². The maximum Gasteiger partial charge on any atom is 0.0892 e. The summed E-state index contributed by atoms with van der Waals surface area (Å²) in [5, 5.41) is 0. The Hall–Kier alpha value is -0.660. The van der Waals surface area contributed by atoms with Crippen molar-refractivity contribution in [3.8, 4) is 0 Å². The molecule has 0 aliphatic rings. The standard InChI is InChI=1S/C11H23N3/c1-11(2,3)9-13-10-12-7-6-8-14(4)5/h6-9H2,1-5H3. The van der Waals surface area contributed by atoms with Crippen LogP contribution in [0.1, 0.15) is 27.2 Å². The lowest BCUT2D eigenvalue weighted by Gasteiger charge is -2.12. The summed E-state index contributed by atoms with van der Waals surface area (Å²) in [7, 11) is 4.13. The molecule has 0 aromatic heterocycles. The van der Waals surface area contributed by atoms with Crippen molar-refractivity contribution in [1.29, 1.82) is 0 Å². The first kappa shape index (κ1) is 13.3. The van der Waals surface area contributed by atoms with Crippen LogP contribution >= 0.6 is 0 Å². The quantitative estimate of drug-likeness (QED) is 0.490. The molecule has 0 spiro atoms. The molecule has 0 aromatic rings. The maximum atomic E-state index is 4.13. The smallest absolute Gasteiger partial charge is 0.0892 e. The van der Waals surface area contributed by atoms with Crippen molar-refractivity contribution in [2.45, 2.75) is 27.2 Å². The minimum atomic E-state index is 0.242. The van der Waals surface area contributed by atoms with Gasteiger partial charge >= 0.3 is 0 Å². The summed E-state index contributed by atoms with van der Waals surface area (Å²) in [5.41, 5.74) is 0.242. The summed E-state index contributed by atoms with van der Waals surface area (Å²) in [6.45, 7) is 9.17. The van der Waals surface area contributed by atoms with Gasteiger partial charge in [-0.25, -0.2) is 9.98 Å². The summed E-state index contributed by atoms with van der Waals surface area (Å²) in [6, 6.07) is 2.75. The van der Waals surface area contributed by atoms with Gasteiger partial charge in [-0.3, -0.25) is 0 Å². The predicted octanol–water partition coefficient (Wildman–Crippen LogP) is 2.16. The highest BCUT2D eigenvalue weighted by molar-refractivity contribution is 5.41. The van der Waals surface area contributed by atoms with Gasteiger partial charge in [0, 0.05) is 0 Å². The Labute approximate surface area is 87.9 Å². The Morgan fingerprint density at radius 2 is 1.79 bits per heavy atom. The Morgan fingerprint density at radius 3 is 2.29 bits per heavy atom. The molecular formula is C11H23N3. The van der Waals surface area contributed by atoms with Crippen molar-refractivity contribution in [3.63, 3.8) is 0 Å². The van der Waals surface area contributed by atoms with Crippen LogP contribution in [0.15, 0.2) is 9.98 Å². The molecule has 0 saturated heterocycles. The molecule has 82 valence electrons. The number of nitrogens with zero attached hydrogens (tertiary/aromatic N) is 3. The summed E-state index contributed by atoms with van der Waals surface area (Å²) < 4.78 is 0. The third-order valence-corrected chi connectivity index (χ3v) is 1.57. The lowest BCUT2D eigenvalue weighted by Crippen LogP contribution is -2.13. The average molecular weight is 197 g/mol. The van der Waals surface area contributed by atoms with E-state index in [1.165, 1.54) is 0 Å². The van der Waals surface area contributed by atoms with Gasteiger partial charge < -0.3 is 4.90 Å². The highest BCUT2D eigenvalue weighted by Gasteiger charge is 2.07. The molecule has 3 nitrogen and oxygen atoms in total. The third kappa shape index (κ3) is 11.3. The topological polar surface area (TPSA) is 28.0 Å². The van der Waals surface area contributed by atoms with E-state index in [1.807, 2.05) is 0 Å². The van der Waals surface area contributed by atoms with Gasteiger partial charge in [-0.2, -0.15) is 0 Å². The van der Waals surface area contributed by atoms with Crippen LogP contribution in [0.4, 0.5) is 0 Å². The number of hydrogen-bond donors (Lipinski definition) is 0. The van der Waals surface area contributed by atoms with E-state index in [4.69, 9.17) is 0 Å². The zero-order valence-corrected chi connectivity index (χ0v) is 10.2. The van der Waals surface area contributed by atoms with Crippen molar-refractivity contribution >= 4 is 6.01 Å². The molecule has 0 bridgehead atoms. The van der Waals surface area contributed by atoms with Crippen LogP contribution in [0.3, 0.4) is 0 Å². The molecule has 3 heteroatoms. The van der Waals surface area contributed by atoms with Crippen LogP contribution in [0, 0.1) is 5.41 Å². The monoisotopic (exact) mass is 197 g/mol. The first-order valence-corrected chi connectivity index (χ1v) is 5.14. The molecule has 0 amide bonds. The van der Waals surface area contributed by atoms with Gasteiger partial charge in [0.15, 0.2) is 0 Å². The van der Waals surface area contributed by atoms with Crippen molar-refractivity contribution in [3.05, 3.63) is 0 Å². The van der Waals surface area contributed by atoms with Gasteiger partial charge in [0.25, 0.3) is 0 Å². The van der Waals surface area contributed by atoms with Gasteiger partial charge in [-0.05, 0) is 32.5 Å². The fraction of sp³-hybridized carbons (Fsp3) is 0.909. The molecule has 0 fully saturated rings. The second-order valence-corrected chi connectivity index (χ2v) is 5.02. The van der Waals surface area contributed by atoms with E-state index in [1.54, 1.807) is 0 Å². The summed E-state index contributed by atoms with van der Waals surface area (Å²) in [4.78, 5) is 10.4. The molecule has 0 unspecified atom stereocenters. The molecule has 0 aliphatic heterocycles. The van der Waals surface area contributed by atoms with Crippen molar-refractivity contribution in [2.75, 3.05) is 33.7 Å². The minimum Gasteiger partial charge on any atom is -0.309 e. The van der Waals surface area contributed by atoms with Crippen LogP contribution in [0.2, 0.25) is 0 Å². The molecule has 0 radical (unpaired) electrons. The normalized spacial score (nSPS) is 11.3. The molecule has 0 aliphatic carbocycles. The SMILES string of the molecule is CN(C)CCCN=C=NCC(C)(C)C. The lowest BCUT2D eigenvalue weighted by molar-refractivity contribution is 0.403. The maximum absolute atomic E-state index is 4.13. The zero-order chi connectivity index (χ0) is 11.0. The Kier molecular flexibility index (Phi) is 6.43. The third-order valence-electron chi connectivity index (χ3n) is 1.57. The molecule has 0 rings (SSSR count). The fourth-order valence-electron chi connectivity index (χ4n) is 0.839. The minimum absolute atomic E-state index is 0.242. The summed E-state index contributed by atoms with van der Waals surface area (Å²) >= 11 is 0. The average Bonchev–Trinajstić information content (AvgIpc) is 2.00. The number of rotatable bonds is 5. The highest BCUT2D eigenvalue weighted by atomic mass is 15.0. The van der Waals surface area contributed by atoms with Crippen molar-refractivity contribution < 1.29 is 0 Å². The molecule has 0 aromatic carbocycles. The fourth-order valence-corrected chi connectivity index (χ4v) is 0.839. The lowest BCUT2D eigenvalue weighted by atomic mass is 9.98. The Morgan fingerprint density at radius 1 is 1.14 bits per heavy atom. The molecule has 0 N–H and O–H groups in total. The van der Waals surface area contributed by atoms with E-state index in [0.717, 1.165) is 26.1 Å². The molecule has 0 atom stereocenters. The van der Waals surface area contributed by atoms with Crippen LogP contribution in [-0.2, 0) is 0 Å². The molecule has 0 saturated carbocycles. The Balaban J connectivity index is 3.53. The number of aliphatic imine (C=N–C) groups is 2. The van der Waals surface area contributed by atoms with Gasteiger partial charge in [-0.15, -0.1) is 0 Å². The van der Waals surface area contributed by atoms with E-state index in [0.29, 0.717) is 0 Å². The predicted molar refractivity (Wildman–Crippen MR) is 62.2 cm³/mol. The second kappa shape index (κ2) is 6.74. The highest BCUT2D eigenvalue weighted by Crippen LogP contribution is 2.11. The van der Waals surface area contributed by atoms with Gasteiger partial charge in [0.2, 0.25) is 0 Å². The summed E-state index contributed by atoms with van der Waals surface area (Å²) in [6.07, 6.45) is 1.07. The van der Waals surface area contributed by atoms with Crippen molar-refractivity contribution in [2.24, 2.45) is 15.4 Å². The molecule has 14 heavy (non-hydrogen) atoms. The van der Waals surface area contributed by atoms with Gasteiger partial charge in [0.05, 0.1) is 19.1 Å². The second-order valence-electron chi connectivity index (χ2n) is 5.02. The first-order chi connectivity index (χ1) is 6.42. The van der Waals surface area contributed by atoms with Crippen LogP contribution in [0.25, 0.3) is 0 Å². The van der Waals surface area contributed by atoms with Crippen molar-refractivity contribution in [1.82, 2.24) is 4.90 Å². The van der Waals surface area contributed by atoms with Crippen LogP contribution in [-0.4, -0.2) is 44.6 Å². The molecular weight excluding hydrogens is 174 g/mol. The first-order valence-electron chi connectivity index (χ1n) is 5.14. The van der Waals surface area contributed by atoms with E-state index in [-0.39, 0.29) is 5.41 Å². The van der Waals surface area contributed by atoms with Gasteiger partial charge in [-0.1, -0.05) is 20.8 Å². The van der Waals surface area contributed by atoms with E-state index in [2.05, 4.69) is 55.8 Å². The van der Waals surface area contributed by atoms with Gasteiger partial charge in [0.1, 0.15) is 0 Å². The summed E-state index contributed by atoms with van der Waals surface area (Å²) in [5.74, 6) is 0. The van der Waals surface area contributed by atoms with Crippen LogP contribution in [0.5, 0.6) is 0 Å². The van der Waals surface area contributed by atoms with E-state index >= 15 is 0 Å². The van der Waals surface area contributed by atoms with E-state index in [9.17, 15) is 0 Å².